The molecule has 7 nitrogen and oxygen atoms in total. The Balaban J connectivity index is 2.06. The lowest BCUT2D eigenvalue weighted by Gasteiger charge is -2.24. The summed E-state index contributed by atoms with van der Waals surface area (Å²) in [6.07, 6.45) is 0. The van der Waals surface area contributed by atoms with Gasteiger partial charge in [0.1, 0.15) is 11.4 Å². The summed E-state index contributed by atoms with van der Waals surface area (Å²) in [5.41, 5.74) is 0.495. The number of nitro benzene ring substituents is 1. The number of hydrogen-bond donors (Lipinski definition) is 2. The Labute approximate surface area is 111 Å². The molecule has 1 saturated heterocycles. The van der Waals surface area contributed by atoms with E-state index in [9.17, 15) is 10.1 Å². The van der Waals surface area contributed by atoms with Gasteiger partial charge in [0.05, 0.1) is 25.2 Å². The largest absolute Gasteiger partial charge is 0.497 e. The summed E-state index contributed by atoms with van der Waals surface area (Å²) in [6.45, 7) is 2.67. The van der Waals surface area contributed by atoms with Crippen LogP contribution in [0.1, 0.15) is 0 Å². The van der Waals surface area contributed by atoms with Gasteiger partial charge in [0.2, 0.25) is 0 Å². The second-order valence-electron chi connectivity index (χ2n) is 4.25. The van der Waals surface area contributed by atoms with Gasteiger partial charge in [0, 0.05) is 31.3 Å². The molecule has 1 heterocycles. The number of morpholine rings is 1. The third-order valence-corrected chi connectivity index (χ3v) is 2.94. The van der Waals surface area contributed by atoms with Crippen LogP contribution in [0.2, 0.25) is 0 Å². The highest BCUT2D eigenvalue weighted by Gasteiger charge is 2.17. The van der Waals surface area contributed by atoms with Gasteiger partial charge in [-0.25, -0.2) is 0 Å². The Hall–Kier alpha value is -1.86. The number of methoxy groups -OCH3 is 1. The quantitative estimate of drug-likeness (QED) is 0.611. The Morgan fingerprint density at radius 3 is 3.11 bits per heavy atom. The molecule has 1 aliphatic heterocycles. The molecule has 1 aromatic carbocycles. The molecule has 1 atom stereocenters. The zero-order valence-electron chi connectivity index (χ0n) is 10.7. The average molecular weight is 267 g/mol. The molecule has 0 radical (unpaired) electrons. The lowest BCUT2D eigenvalue weighted by atomic mass is 10.2. The molecule has 7 heteroatoms. The van der Waals surface area contributed by atoms with Gasteiger partial charge in [-0.05, 0) is 6.07 Å². The van der Waals surface area contributed by atoms with Crippen molar-refractivity contribution in [1.29, 1.82) is 0 Å². The van der Waals surface area contributed by atoms with Crippen LogP contribution in [0.25, 0.3) is 0 Å². The van der Waals surface area contributed by atoms with Crippen LogP contribution >= 0.6 is 0 Å². The monoisotopic (exact) mass is 267 g/mol. The molecular formula is C12H17N3O4. The van der Waals surface area contributed by atoms with Crippen LogP contribution in [0.15, 0.2) is 18.2 Å². The normalized spacial score (nSPS) is 18.9. The van der Waals surface area contributed by atoms with E-state index in [4.69, 9.17) is 9.47 Å². The topological polar surface area (TPSA) is 85.7 Å². The van der Waals surface area contributed by atoms with Crippen LogP contribution in [0, 0.1) is 10.1 Å². The van der Waals surface area contributed by atoms with Crippen LogP contribution < -0.4 is 15.4 Å². The number of nitrogens with one attached hydrogen (secondary N) is 2. The number of ether oxygens (including phenoxy) is 2. The minimum atomic E-state index is -0.410. The SMILES string of the molecule is COc1ccc([N+](=O)[O-])c(NCC2COCCN2)c1. The molecule has 1 fully saturated rings. The van der Waals surface area contributed by atoms with E-state index in [1.165, 1.54) is 13.2 Å². The fourth-order valence-electron chi connectivity index (χ4n) is 1.93. The van der Waals surface area contributed by atoms with Gasteiger partial charge >= 0.3 is 0 Å². The van der Waals surface area contributed by atoms with E-state index >= 15 is 0 Å². The van der Waals surface area contributed by atoms with Crippen molar-refractivity contribution >= 4 is 11.4 Å². The first-order valence-corrected chi connectivity index (χ1v) is 6.08. The number of rotatable bonds is 5. The number of nitrogens with zero attached hydrogens (tertiary/aromatic N) is 1. The third-order valence-electron chi connectivity index (χ3n) is 2.94. The van der Waals surface area contributed by atoms with Crippen molar-refractivity contribution in [3.05, 3.63) is 28.3 Å². The summed E-state index contributed by atoms with van der Waals surface area (Å²) in [6, 6.07) is 4.79. The minimum absolute atomic E-state index is 0.0394. The van der Waals surface area contributed by atoms with Crippen molar-refractivity contribution in [2.75, 3.05) is 38.7 Å². The van der Waals surface area contributed by atoms with Crippen molar-refractivity contribution in [2.24, 2.45) is 0 Å². The van der Waals surface area contributed by atoms with Crippen molar-refractivity contribution in [2.45, 2.75) is 6.04 Å². The Morgan fingerprint density at radius 1 is 1.63 bits per heavy atom. The Morgan fingerprint density at radius 2 is 2.47 bits per heavy atom. The van der Waals surface area contributed by atoms with E-state index in [1.54, 1.807) is 12.1 Å². The molecule has 1 aromatic rings. The standard InChI is InChI=1S/C12H17N3O4/c1-18-10-2-3-12(15(16)17)11(6-10)14-7-9-8-19-5-4-13-9/h2-3,6,9,13-14H,4-5,7-8H2,1H3. The van der Waals surface area contributed by atoms with Crippen LogP contribution in [0.4, 0.5) is 11.4 Å². The molecule has 0 saturated carbocycles. The van der Waals surface area contributed by atoms with E-state index in [0.717, 1.165) is 6.54 Å². The first-order chi connectivity index (χ1) is 9.20. The van der Waals surface area contributed by atoms with Gasteiger partial charge in [0.25, 0.3) is 5.69 Å². The summed E-state index contributed by atoms with van der Waals surface area (Å²) in [7, 11) is 1.53. The molecule has 0 bridgehead atoms. The second kappa shape index (κ2) is 6.35. The van der Waals surface area contributed by atoms with E-state index < -0.39 is 4.92 Å². The highest BCUT2D eigenvalue weighted by atomic mass is 16.6. The van der Waals surface area contributed by atoms with E-state index in [1.807, 2.05) is 0 Å². The zero-order chi connectivity index (χ0) is 13.7. The van der Waals surface area contributed by atoms with Crippen LogP contribution in [0.5, 0.6) is 5.75 Å². The molecule has 19 heavy (non-hydrogen) atoms. The number of nitro groups is 1. The maximum absolute atomic E-state index is 11.0. The van der Waals surface area contributed by atoms with Crippen LogP contribution in [-0.4, -0.2) is 44.4 Å². The second-order valence-corrected chi connectivity index (χ2v) is 4.25. The molecule has 104 valence electrons. The molecule has 1 unspecified atom stereocenters. The van der Waals surface area contributed by atoms with Gasteiger partial charge in [0.15, 0.2) is 0 Å². The molecular weight excluding hydrogens is 250 g/mol. The first kappa shape index (κ1) is 13.6. The van der Waals surface area contributed by atoms with Crippen LogP contribution in [-0.2, 0) is 4.74 Å². The van der Waals surface area contributed by atoms with Crippen molar-refractivity contribution in [3.63, 3.8) is 0 Å². The van der Waals surface area contributed by atoms with Gasteiger partial charge in [-0.2, -0.15) is 0 Å². The lowest BCUT2D eigenvalue weighted by Crippen LogP contribution is -2.45. The Bertz CT molecular complexity index is 447. The summed E-state index contributed by atoms with van der Waals surface area (Å²) in [4.78, 5) is 10.5. The molecule has 2 N–H and O–H groups in total. The number of hydrogen-bond acceptors (Lipinski definition) is 6. The lowest BCUT2D eigenvalue weighted by molar-refractivity contribution is -0.384. The minimum Gasteiger partial charge on any atom is -0.497 e. The zero-order valence-corrected chi connectivity index (χ0v) is 10.7. The average Bonchev–Trinajstić information content (AvgIpc) is 2.45. The molecule has 1 aliphatic rings. The summed E-state index contributed by atoms with van der Waals surface area (Å²) in [5, 5.41) is 17.3. The highest BCUT2D eigenvalue weighted by molar-refractivity contribution is 5.64. The smallest absolute Gasteiger partial charge is 0.292 e. The third kappa shape index (κ3) is 3.55. The summed E-state index contributed by atoms with van der Waals surface area (Å²) >= 11 is 0. The molecule has 0 amide bonds. The van der Waals surface area contributed by atoms with Crippen molar-refractivity contribution < 1.29 is 14.4 Å². The summed E-state index contributed by atoms with van der Waals surface area (Å²) in [5.74, 6) is 0.584. The predicted octanol–water partition coefficient (Wildman–Crippen LogP) is 1.00. The van der Waals surface area contributed by atoms with Gasteiger partial charge in [-0.3, -0.25) is 10.1 Å². The highest BCUT2D eigenvalue weighted by Crippen LogP contribution is 2.28. The molecule has 0 aliphatic carbocycles. The first-order valence-electron chi connectivity index (χ1n) is 6.08. The maximum Gasteiger partial charge on any atom is 0.292 e. The van der Waals surface area contributed by atoms with Crippen LogP contribution in [0.3, 0.4) is 0 Å². The fourth-order valence-corrected chi connectivity index (χ4v) is 1.93. The summed E-state index contributed by atoms with van der Waals surface area (Å²) < 4.78 is 10.4. The number of anilines is 1. The van der Waals surface area contributed by atoms with Crippen molar-refractivity contribution in [1.82, 2.24) is 5.32 Å². The predicted molar refractivity (Wildman–Crippen MR) is 70.7 cm³/mol. The molecule has 2 rings (SSSR count). The van der Waals surface area contributed by atoms with Gasteiger partial charge < -0.3 is 20.1 Å². The van der Waals surface area contributed by atoms with E-state index in [2.05, 4.69) is 10.6 Å². The molecule has 0 spiro atoms. The molecule has 0 aromatic heterocycles. The van der Waals surface area contributed by atoms with Gasteiger partial charge in [-0.15, -0.1) is 0 Å². The van der Waals surface area contributed by atoms with Crippen molar-refractivity contribution in [3.8, 4) is 5.75 Å². The Kier molecular flexibility index (Phi) is 4.53. The fraction of sp³-hybridized carbons (Fsp3) is 0.500. The van der Waals surface area contributed by atoms with E-state index in [0.29, 0.717) is 31.2 Å². The van der Waals surface area contributed by atoms with Gasteiger partial charge in [-0.1, -0.05) is 0 Å². The maximum atomic E-state index is 11.0. The number of benzene rings is 1. The van der Waals surface area contributed by atoms with E-state index in [-0.39, 0.29) is 11.7 Å².